The molecule has 1 atom stereocenters. The maximum atomic E-state index is 14.4. The molecule has 0 radical (unpaired) electrons. The summed E-state index contributed by atoms with van der Waals surface area (Å²) in [5.41, 5.74) is 1.73. The van der Waals surface area contributed by atoms with Gasteiger partial charge in [-0.2, -0.15) is 0 Å². The Morgan fingerprint density at radius 3 is 2.27 bits per heavy atom. The fourth-order valence-corrected chi connectivity index (χ4v) is 6.57. The number of hydrogen-bond donors (Lipinski definition) is 1. The third-order valence-corrected chi connectivity index (χ3v) is 9.16. The van der Waals surface area contributed by atoms with E-state index in [1.165, 1.54) is 25.2 Å². The Hall–Kier alpha value is -3.76. The van der Waals surface area contributed by atoms with Crippen LogP contribution in [0.25, 0.3) is 0 Å². The van der Waals surface area contributed by atoms with E-state index >= 15 is 0 Å². The first-order valence-corrected chi connectivity index (χ1v) is 16.9. The number of halogens is 1. The minimum Gasteiger partial charge on any atom is -0.497 e. The van der Waals surface area contributed by atoms with Gasteiger partial charge in [0.15, 0.2) is 0 Å². The van der Waals surface area contributed by atoms with Gasteiger partial charge in [-0.15, -0.1) is 0 Å². The summed E-state index contributed by atoms with van der Waals surface area (Å²) in [6, 6.07) is 20.4. The molecular weight excluding hydrogens is 602 g/mol. The van der Waals surface area contributed by atoms with Crippen LogP contribution in [0.1, 0.15) is 43.2 Å². The van der Waals surface area contributed by atoms with E-state index in [9.17, 15) is 18.0 Å². The molecule has 0 bridgehead atoms. The van der Waals surface area contributed by atoms with Gasteiger partial charge >= 0.3 is 0 Å². The Balaban J connectivity index is 1.76. The van der Waals surface area contributed by atoms with Crippen molar-refractivity contribution in [1.82, 2.24) is 10.2 Å². The van der Waals surface area contributed by atoms with Crippen molar-refractivity contribution in [2.24, 2.45) is 0 Å². The molecule has 0 unspecified atom stereocenters. The van der Waals surface area contributed by atoms with Gasteiger partial charge < -0.3 is 19.7 Å². The first-order chi connectivity index (χ1) is 21.1. The van der Waals surface area contributed by atoms with Gasteiger partial charge in [0.2, 0.25) is 21.8 Å². The monoisotopic (exact) mass is 641 g/mol. The Kier molecular flexibility index (Phi) is 11.5. The second-order valence-corrected chi connectivity index (χ2v) is 13.4. The Morgan fingerprint density at radius 1 is 0.932 bits per heavy atom. The number of anilines is 1. The molecule has 3 aromatic carbocycles. The van der Waals surface area contributed by atoms with Crippen LogP contribution in [0.3, 0.4) is 0 Å². The number of benzene rings is 3. The molecule has 0 aliphatic heterocycles. The molecule has 3 aromatic rings. The lowest BCUT2D eigenvalue weighted by molar-refractivity contribution is -0.140. The molecule has 2 amide bonds. The third-order valence-electron chi connectivity index (χ3n) is 7.80. The number of amides is 2. The zero-order valence-electron chi connectivity index (χ0n) is 25.4. The van der Waals surface area contributed by atoms with Gasteiger partial charge in [0.25, 0.3) is 0 Å². The molecule has 4 rings (SSSR count). The summed E-state index contributed by atoms with van der Waals surface area (Å²) in [5.74, 6) is -0.186. The predicted octanol–water partition coefficient (Wildman–Crippen LogP) is 5.21. The summed E-state index contributed by atoms with van der Waals surface area (Å²) in [6.45, 7) is -0.521. The number of carbonyl (C=O) groups excluding carboxylic acids is 2. The molecule has 44 heavy (non-hydrogen) atoms. The number of nitrogens with one attached hydrogen (secondary N) is 1. The smallest absolute Gasteiger partial charge is 0.244 e. The van der Waals surface area contributed by atoms with Gasteiger partial charge in [-0.05, 0) is 48.2 Å². The van der Waals surface area contributed by atoms with Crippen LogP contribution in [0.15, 0.2) is 72.8 Å². The minimum atomic E-state index is -3.98. The highest BCUT2D eigenvalue weighted by molar-refractivity contribution is 7.92. The maximum absolute atomic E-state index is 14.4. The zero-order chi connectivity index (χ0) is 31.7. The van der Waals surface area contributed by atoms with E-state index < -0.39 is 28.5 Å². The molecule has 1 aliphatic carbocycles. The topological polar surface area (TPSA) is 105 Å². The molecule has 9 nitrogen and oxygen atoms in total. The van der Waals surface area contributed by atoms with Crippen molar-refractivity contribution in [2.45, 2.75) is 57.2 Å². The SMILES string of the molecule is COc1ccc(OC)c(N(CC(=O)N(Cc2cccc(Cl)c2)[C@H](Cc2ccccc2)C(=O)NC2CCCCC2)S(C)(=O)=O)c1. The standard InChI is InChI=1S/C33H40ClN3O6S/c1-42-28-17-18-31(43-2)29(21-28)37(44(3,40)41)23-32(38)36(22-25-13-10-14-26(34)19-25)30(20-24-11-6-4-7-12-24)33(39)35-27-15-8-5-9-16-27/h4,6-7,10-14,17-19,21,27,30H,5,8-9,15-16,20,22-23H2,1-3H3,(H,35,39)/t30-/m1/s1. The van der Waals surface area contributed by atoms with E-state index in [1.807, 2.05) is 36.4 Å². The first-order valence-electron chi connectivity index (χ1n) is 14.7. The van der Waals surface area contributed by atoms with E-state index in [0.29, 0.717) is 16.3 Å². The normalized spacial score (nSPS) is 14.4. The first kappa shape index (κ1) is 33.1. The van der Waals surface area contributed by atoms with Crippen molar-refractivity contribution < 1.29 is 27.5 Å². The second-order valence-electron chi connectivity index (χ2n) is 11.0. The Morgan fingerprint density at radius 2 is 1.64 bits per heavy atom. The molecule has 0 saturated heterocycles. The largest absolute Gasteiger partial charge is 0.497 e. The van der Waals surface area contributed by atoms with Crippen LogP contribution >= 0.6 is 11.6 Å². The summed E-state index contributed by atoms with van der Waals surface area (Å²) >= 11 is 6.30. The van der Waals surface area contributed by atoms with Gasteiger partial charge in [-0.3, -0.25) is 13.9 Å². The van der Waals surface area contributed by atoms with Crippen LogP contribution in [0.5, 0.6) is 11.5 Å². The number of rotatable bonds is 13. The molecule has 0 aromatic heterocycles. The van der Waals surface area contributed by atoms with Gasteiger partial charge in [0, 0.05) is 30.1 Å². The van der Waals surface area contributed by atoms with Gasteiger partial charge in [0.1, 0.15) is 24.1 Å². The summed E-state index contributed by atoms with van der Waals surface area (Å²) in [5, 5.41) is 3.68. The van der Waals surface area contributed by atoms with Crippen molar-refractivity contribution in [3.8, 4) is 11.5 Å². The number of sulfonamides is 1. The van der Waals surface area contributed by atoms with Crippen molar-refractivity contribution in [3.63, 3.8) is 0 Å². The Labute approximate surface area is 265 Å². The van der Waals surface area contributed by atoms with Crippen molar-refractivity contribution in [3.05, 3.63) is 88.9 Å². The molecule has 11 heteroatoms. The molecule has 1 saturated carbocycles. The van der Waals surface area contributed by atoms with Crippen LogP contribution in [-0.2, 0) is 32.6 Å². The van der Waals surface area contributed by atoms with Crippen LogP contribution in [0.4, 0.5) is 5.69 Å². The number of nitrogens with zero attached hydrogens (tertiary/aromatic N) is 2. The summed E-state index contributed by atoms with van der Waals surface area (Å²) < 4.78 is 38.1. The van der Waals surface area contributed by atoms with Crippen LogP contribution < -0.4 is 19.1 Å². The van der Waals surface area contributed by atoms with E-state index in [1.54, 1.807) is 30.3 Å². The number of carbonyl (C=O) groups is 2. The van der Waals surface area contributed by atoms with Crippen molar-refractivity contribution in [1.29, 1.82) is 0 Å². The molecule has 1 aliphatic rings. The predicted molar refractivity (Wildman–Crippen MR) is 173 cm³/mol. The van der Waals surface area contributed by atoms with E-state index in [-0.39, 0.29) is 36.4 Å². The van der Waals surface area contributed by atoms with Crippen LogP contribution in [0.2, 0.25) is 5.02 Å². The fourth-order valence-electron chi connectivity index (χ4n) is 5.52. The molecule has 1 fully saturated rings. The molecule has 0 spiro atoms. The van der Waals surface area contributed by atoms with Crippen molar-refractivity contribution in [2.75, 3.05) is 31.3 Å². The quantitative estimate of drug-likeness (QED) is 0.275. The highest BCUT2D eigenvalue weighted by atomic mass is 35.5. The number of hydrogen-bond acceptors (Lipinski definition) is 6. The summed E-state index contributed by atoms with van der Waals surface area (Å²) in [4.78, 5) is 29.9. The zero-order valence-corrected chi connectivity index (χ0v) is 26.9. The average Bonchev–Trinajstić information content (AvgIpc) is 3.01. The lowest BCUT2D eigenvalue weighted by Crippen LogP contribution is -2.55. The highest BCUT2D eigenvalue weighted by Crippen LogP contribution is 2.34. The van der Waals surface area contributed by atoms with E-state index in [2.05, 4.69) is 5.32 Å². The van der Waals surface area contributed by atoms with Gasteiger partial charge in [-0.25, -0.2) is 8.42 Å². The summed E-state index contributed by atoms with van der Waals surface area (Å²) in [6.07, 6.45) is 6.22. The van der Waals surface area contributed by atoms with Gasteiger partial charge in [0.05, 0.1) is 26.2 Å². The average molecular weight is 642 g/mol. The van der Waals surface area contributed by atoms with Gasteiger partial charge in [-0.1, -0.05) is 73.3 Å². The van der Waals surface area contributed by atoms with Crippen LogP contribution in [-0.4, -0.2) is 64.2 Å². The molecule has 1 N–H and O–H groups in total. The van der Waals surface area contributed by atoms with E-state index in [4.69, 9.17) is 21.1 Å². The third kappa shape index (κ3) is 8.89. The van der Waals surface area contributed by atoms with Crippen LogP contribution in [0, 0.1) is 0 Å². The highest BCUT2D eigenvalue weighted by Gasteiger charge is 2.35. The second kappa shape index (κ2) is 15.3. The Bertz CT molecular complexity index is 1530. The van der Waals surface area contributed by atoms with Crippen molar-refractivity contribution >= 4 is 39.1 Å². The molecule has 236 valence electrons. The number of ether oxygens (including phenoxy) is 2. The summed E-state index contributed by atoms with van der Waals surface area (Å²) in [7, 11) is -1.10. The maximum Gasteiger partial charge on any atom is 0.244 e. The number of methoxy groups -OCH3 is 2. The minimum absolute atomic E-state index is 0.0196. The fraction of sp³-hybridized carbons (Fsp3) is 0.394. The van der Waals surface area contributed by atoms with E-state index in [0.717, 1.165) is 48.2 Å². The molecule has 0 heterocycles. The lowest BCUT2D eigenvalue weighted by Gasteiger charge is -2.35. The lowest BCUT2D eigenvalue weighted by atomic mass is 9.94. The molecular formula is C33H40ClN3O6S.